The van der Waals surface area contributed by atoms with E-state index in [1.807, 2.05) is 46.8 Å². The third-order valence-corrected chi connectivity index (χ3v) is 4.18. The summed E-state index contributed by atoms with van der Waals surface area (Å²) in [6.07, 6.45) is -0.413. The van der Waals surface area contributed by atoms with Crippen LogP contribution in [0, 0.1) is 0 Å². The number of hydrogen-bond acceptors (Lipinski definition) is 4. The molecule has 0 aliphatic carbocycles. The molecule has 0 aliphatic heterocycles. The first-order valence-electron chi connectivity index (χ1n) is 7.67. The van der Waals surface area contributed by atoms with Crippen LogP contribution in [0.5, 0.6) is 5.75 Å². The van der Waals surface area contributed by atoms with Gasteiger partial charge in [0.15, 0.2) is 0 Å². The number of carbonyl (C=O) groups is 1. The SMILES string of the molecule is COc1c(Br)cc(CNCC(C)(C)NC(=O)OC(C)(C)C)cc1Br. The minimum atomic E-state index is -0.505. The van der Waals surface area contributed by atoms with Crippen molar-refractivity contribution >= 4 is 38.0 Å². The van der Waals surface area contributed by atoms with E-state index in [1.54, 1.807) is 7.11 Å². The molecule has 0 heterocycles. The summed E-state index contributed by atoms with van der Waals surface area (Å²) in [5.74, 6) is 0.769. The summed E-state index contributed by atoms with van der Waals surface area (Å²) in [6, 6.07) is 4.01. The van der Waals surface area contributed by atoms with E-state index in [9.17, 15) is 4.79 Å². The van der Waals surface area contributed by atoms with Crippen LogP contribution in [0.15, 0.2) is 21.1 Å². The molecule has 5 nitrogen and oxygen atoms in total. The molecule has 136 valence electrons. The number of carbonyl (C=O) groups excluding carboxylic acids is 1. The lowest BCUT2D eigenvalue weighted by Gasteiger charge is -2.29. The van der Waals surface area contributed by atoms with Gasteiger partial charge in [-0.1, -0.05) is 0 Å². The summed E-state index contributed by atoms with van der Waals surface area (Å²) in [5.41, 5.74) is 0.168. The maximum atomic E-state index is 11.9. The van der Waals surface area contributed by atoms with E-state index in [1.165, 1.54) is 0 Å². The molecular formula is C17H26Br2N2O3. The fraction of sp³-hybridized carbons (Fsp3) is 0.588. The Kier molecular flexibility index (Phi) is 7.56. The maximum Gasteiger partial charge on any atom is 0.408 e. The standard InChI is InChI=1S/C17H26Br2N2O3/c1-16(2,3)24-15(22)21-17(4,5)10-20-9-11-7-12(18)14(23-6)13(19)8-11/h7-8,20H,9-10H2,1-6H3,(H,21,22). The zero-order valence-electron chi connectivity index (χ0n) is 15.0. The molecule has 0 saturated carbocycles. The molecule has 0 bridgehead atoms. The van der Waals surface area contributed by atoms with Crippen LogP contribution in [-0.2, 0) is 11.3 Å². The predicted molar refractivity (Wildman–Crippen MR) is 104 cm³/mol. The predicted octanol–water partition coefficient (Wildman–Crippen LogP) is 4.61. The smallest absolute Gasteiger partial charge is 0.408 e. The van der Waals surface area contributed by atoms with Gasteiger partial charge in [0.05, 0.1) is 21.6 Å². The van der Waals surface area contributed by atoms with Gasteiger partial charge in [-0.2, -0.15) is 0 Å². The van der Waals surface area contributed by atoms with Crippen molar-refractivity contribution in [3.63, 3.8) is 0 Å². The van der Waals surface area contributed by atoms with Gasteiger partial charge >= 0.3 is 6.09 Å². The van der Waals surface area contributed by atoms with Crippen molar-refractivity contribution in [2.45, 2.75) is 52.3 Å². The molecule has 0 atom stereocenters. The average molecular weight is 466 g/mol. The fourth-order valence-electron chi connectivity index (χ4n) is 2.05. The largest absolute Gasteiger partial charge is 0.494 e. The first-order chi connectivity index (χ1) is 10.9. The number of halogens is 2. The minimum Gasteiger partial charge on any atom is -0.494 e. The molecule has 0 unspecified atom stereocenters. The molecule has 1 rings (SSSR count). The van der Waals surface area contributed by atoms with Gasteiger partial charge in [-0.3, -0.25) is 0 Å². The molecule has 0 spiro atoms. The van der Waals surface area contributed by atoms with Crippen molar-refractivity contribution < 1.29 is 14.3 Å². The first kappa shape index (κ1) is 21.3. The van der Waals surface area contributed by atoms with Crippen LogP contribution < -0.4 is 15.4 Å². The van der Waals surface area contributed by atoms with Crippen LogP contribution in [0.1, 0.15) is 40.2 Å². The van der Waals surface area contributed by atoms with Gasteiger partial charge in [0.25, 0.3) is 0 Å². The maximum absolute atomic E-state index is 11.9. The number of amides is 1. The Labute approximate surface area is 161 Å². The molecule has 0 aliphatic rings. The molecule has 1 aromatic carbocycles. The number of nitrogens with one attached hydrogen (secondary N) is 2. The van der Waals surface area contributed by atoms with E-state index in [4.69, 9.17) is 9.47 Å². The Morgan fingerprint density at radius 2 is 1.67 bits per heavy atom. The summed E-state index contributed by atoms with van der Waals surface area (Å²) in [5, 5.41) is 6.23. The highest BCUT2D eigenvalue weighted by Gasteiger charge is 2.24. The number of benzene rings is 1. The van der Waals surface area contributed by atoms with Gasteiger partial charge in [-0.05, 0) is 84.2 Å². The van der Waals surface area contributed by atoms with Gasteiger partial charge < -0.3 is 20.1 Å². The molecule has 0 aromatic heterocycles. The van der Waals surface area contributed by atoms with E-state index >= 15 is 0 Å². The second-order valence-corrected chi connectivity index (χ2v) is 8.92. The number of alkyl carbamates (subject to hydrolysis) is 1. The summed E-state index contributed by atoms with van der Waals surface area (Å²) < 4.78 is 12.4. The molecule has 0 saturated heterocycles. The van der Waals surface area contributed by atoms with Crippen LogP contribution in [0.2, 0.25) is 0 Å². The van der Waals surface area contributed by atoms with Gasteiger partial charge in [0.1, 0.15) is 11.4 Å². The summed E-state index contributed by atoms with van der Waals surface area (Å²) in [4.78, 5) is 11.9. The summed E-state index contributed by atoms with van der Waals surface area (Å²) >= 11 is 6.99. The van der Waals surface area contributed by atoms with E-state index in [0.717, 1.165) is 20.3 Å². The Balaban J connectivity index is 2.55. The van der Waals surface area contributed by atoms with Gasteiger partial charge in [0.2, 0.25) is 0 Å². The number of rotatable bonds is 6. The second kappa shape index (κ2) is 8.54. The zero-order chi connectivity index (χ0) is 18.5. The Bertz CT molecular complexity index is 561. The van der Waals surface area contributed by atoms with E-state index in [0.29, 0.717) is 13.1 Å². The molecule has 24 heavy (non-hydrogen) atoms. The Morgan fingerprint density at radius 3 is 2.12 bits per heavy atom. The van der Waals surface area contributed by atoms with Crippen LogP contribution >= 0.6 is 31.9 Å². The second-order valence-electron chi connectivity index (χ2n) is 7.21. The quantitative estimate of drug-likeness (QED) is 0.643. The van der Waals surface area contributed by atoms with Crippen molar-refractivity contribution in [1.29, 1.82) is 0 Å². The fourth-order valence-corrected chi connectivity index (χ4v) is 3.66. The van der Waals surface area contributed by atoms with Crippen LogP contribution in [0.25, 0.3) is 0 Å². The molecule has 1 aromatic rings. The highest BCUT2D eigenvalue weighted by molar-refractivity contribution is 9.11. The number of methoxy groups -OCH3 is 1. The molecular weight excluding hydrogens is 440 g/mol. The van der Waals surface area contributed by atoms with Crippen molar-refractivity contribution in [3.8, 4) is 5.75 Å². The topological polar surface area (TPSA) is 59.6 Å². The molecule has 0 radical (unpaired) electrons. The summed E-state index contributed by atoms with van der Waals surface area (Å²) in [6.45, 7) is 10.7. The number of ether oxygens (including phenoxy) is 2. The minimum absolute atomic E-state index is 0.413. The lowest BCUT2D eigenvalue weighted by Crippen LogP contribution is -2.51. The Hall–Kier alpha value is -0.790. The van der Waals surface area contributed by atoms with Crippen LogP contribution in [0.3, 0.4) is 0 Å². The van der Waals surface area contributed by atoms with Crippen LogP contribution in [-0.4, -0.2) is 30.9 Å². The molecule has 2 N–H and O–H groups in total. The average Bonchev–Trinajstić information content (AvgIpc) is 2.34. The van der Waals surface area contributed by atoms with Crippen molar-refractivity contribution in [2.75, 3.05) is 13.7 Å². The van der Waals surface area contributed by atoms with Crippen molar-refractivity contribution in [3.05, 3.63) is 26.6 Å². The summed E-state index contributed by atoms with van der Waals surface area (Å²) in [7, 11) is 1.63. The lowest BCUT2D eigenvalue weighted by molar-refractivity contribution is 0.0472. The van der Waals surface area contributed by atoms with Crippen LogP contribution in [0.4, 0.5) is 4.79 Å². The molecule has 0 fully saturated rings. The van der Waals surface area contributed by atoms with Gasteiger partial charge in [0, 0.05) is 13.1 Å². The van der Waals surface area contributed by atoms with E-state index < -0.39 is 17.2 Å². The molecule has 7 heteroatoms. The third kappa shape index (κ3) is 7.40. The van der Waals surface area contributed by atoms with E-state index in [2.05, 4.69) is 42.5 Å². The molecule has 1 amide bonds. The normalized spacial score (nSPS) is 12.0. The number of hydrogen-bond donors (Lipinski definition) is 2. The van der Waals surface area contributed by atoms with Gasteiger partial charge in [-0.15, -0.1) is 0 Å². The first-order valence-corrected chi connectivity index (χ1v) is 9.26. The third-order valence-electron chi connectivity index (χ3n) is 3.00. The lowest BCUT2D eigenvalue weighted by atomic mass is 10.1. The Morgan fingerprint density at radius 1 is 1.12 bits per heavy atom. The highest BCUT2D eigenvalue weighted by atomic mass is 79.9. The van der Waals surface area contributed by atoms with Crippen molar-refractivity contribution in [1.82, 2.24) is 10.6 Å². The van der Waals surface area contributed by atoms with E-state index in [-0.39, 0.29) is 0 Å². The van der Waals surface area contributed by atoms with Gasteiger partial charge in [-0.25, -0.2) is 4.79 Å². The highest BCUT2D eigenvalue weighted by Crippen LogP contribution is 2.34. The monoisotopic (exact) mass is 464 g/mol. The van der Waals surface area contributed by atoms with Crippen molar-refractivity contribution in [2.24, 2.45) is 0 Å². The zero-order valence-corrected chi connectivity index (χ0v) is 18.2.